The molecule has 2 heterocycles. The lowest BCUT2D eigenvalue weighted by Crippen LogP contribution is -2.44. The summed E-state index contributed by atoms with van der Waals surface area (Å²) in [5.74, 6) is -0.748. The number of nitrogens with two attached hydrogens (primary N) is 1. The predicted molar refractivity (Wildman–Crippen MR) is 153 cm³/mol. The van der Waals surface area contributed by atoms with E-state index in [0.29, 0.717) is 25.9 Å². The van der Waals surface area contributed by atoms with Gasteiger partial charge < -0.3 is 26.4 Å². The molecule has 1 saturated carbocycles. The molecule has 2 aromatic carbocycles. The molecule has 0 spiro atoms. The fourth-order valence-corrected chi connectivity index (χ4v) is 5.52. The van der Waals surface area contributed by atoms with Gasteiger partial charge in [-0.15, -0.1) is 0 Å². The normalized spacial score (nSPS) is 21.2. The van der Waals surface area contributed by atoms with Crippen LogP contribution in [0.4, 0.5) is 39.5 Å². The van der Waals surface area contributed by atoms with Gasteiger partial charge in [-0.3, -0.25) is 4.90 Å². The van der Waals surface area contributed by atoms with Crippen molar-refractivity contribution in [3.05, 3.63) is 58.9 Å². The van der Waals surface area contributed by atoms with Crippen molar-refractivity contribution >= 4 is 23.2 Å². The second-order valence-electron chi connectivity index (χ2n) is 11.4. The Balaban J connectivity index is 1.29. The van der Waals surface area contributed by atoms with Crippen molar-refractivity contribution in [3.63, 3.8) is 0 Å². The van der Waals surface area contributed by atoms with Crippen molar-refractivity contribution in [1.29, 1.82) is 5.26 Å². The first-order valence-corrected chi connectivity index (χ1v) is 13.7. The number of halogens is 4. The van der Waals surface area contributed by atoms with Crippen molar-refractivity contribution in [1.82, 2.24) is 19.6 Å². The number of piperazine rings is 1. The molecule has 1 aliphatic heterocycles. The molecule has 5 N–H and O–H groups in total. The van der Waals surface area contributed by atoms with E-state index in [1.165, 1.54) is 28.9 Å². The number of likely N-dealkylation sites (N-methyl/N-ethyl adjacent to an activating group) is 1. The summed E-state index contributed by atoms with van der Waals surface area (Å²) in [5, 5.41) is 28.7. The lowest BCUT2D eigenvalue weighted by molar-refractivity contribution is -0.138. The second-order valence-corrected chi connectivity index (χ2v) is 11.4. The molecule has 10 nitrogen and oxygen atoms in total. The van der Waals surface area contributed by atoms with E-state index in [2.05, 4.69) is 20.6 Å². The first-order chi connectivity index (χ1) is 20.2. The number of urea groups is 1. The topological polar surface area (TPSA) is 135 Å². The Morgan fingerprint density at radius 2 is 1.86 bits per heavy atom. The highest BCUT2D eigenvalue weighted by Crippen LogP contribution is 2.43. The number of aliphatic hydroxyl groups is 1. The number of aromatic nitrogens is 2. The van der Waals surface area contributed by atoms with Crippen molar-refractivity contribution in [2.24, 2.45) is 0 Å². The number of benzene rings is 2. The van der Waals surface area contributed by atoms with Crippen LogP contribution in [0.1, 0.15) is 42.5 Å². The summed E-state index contributed by atoms with van der Waals surface area (Å²) in [6.45, 7) is 4.65. The van der Waals surface area contributed by atoms with Gasteiger partial charge in [-0.05, 0) is 56.6 Å². The van der Waals surface area contributed by atoms with E-state index in [4.69, 9.17) is 5.73 Å². The highest BCUT2D eigenvalue weighted by molar-refractivity contribution is 6.00. The number of nitriles is 1. The molecular weight excluding hydrogens is 568 g/mol. The number of rotatable bonds is 6. The molecule has 0 unspecified atom stereocenters. The summed E-state index contributed by atoms with van der Waals surface area (Å²) in [6, 6.07) is 8.22. The second kappa shape index (κ2) is 11.5. The zero-order valence-electron chi connectivity index (χ0n) is 23.7. The fraction of sp³-hybridized carbons (Fsp3) is 0.414. The standard InChI is InChI=1S/C29H32F4N8O2/c1-28(43)13-20(14-28)41-26(35)21(15-34)25(38-41)17-4-6-24(23(30)11-17)37-27(42)36-19-5-3-18(22(12-19)29(31,32)33)16-40-9-7-39(2)8-10-40/h3-6,11-12,20,43H,7-10,13-14,16,35H2,1-2H3,(H2,36,37,42). The summed E-state index contributed by atoms with van der Waals surface area (Å²) in [6.07, 6.45) is -3.83. The number of nitrogens with one attached hydrogen (secondary N) is 2. The van der Waals surface area contributed by atoms with Gasteiger partial charge in [-0.1, -0.05) is 12.1 Å². The van der Waals surface area contributed by atoms with Crippen molar-refractivity contribution in [2.45, 2.75) is 44.1 Å². The van der Waals surface area contributed by atoms with E-state index in [1.54, 1.807) is 6.92 Å². The molecule has 2 aliphatic rings. The van der Waals surface area contributed by atoms with Crippen LogP contribution in [0.3, 0.4) is 0 Å². The van der Waals surface area contributed by atoms with Crippen LogP contribution in [0.25, 0.3) is 11.3 Å². The summed E-state index contributed by atoms with van der Waals surface area (Å²) in [7, 11) is 1.96. The molecule has 3 aromatic rings. The molecule has 43 heavy (non-hydrogen) atoms. The maximum atomic E-state index is 15.1. The van der Waals surface area contributed by atoms with Crippen LogP contribution in [0, 0.1) is 17.1 Å². The Morgan fingerprint density at radius 1 is 1.16 bits per heavy atom. The van der Waals surface area contributed by atoms with E-state index in [0.717, 1.165) is 25.2 Å². The molecule has 228 valence electrons. The molecule has 14 heteroatoms. The third-order valence-corrected chi connectivity index (χ3v) is 7.91. The van der Waals surface area contributed by atoms with Crippen LogP contribution in [0.15, 0.2) is 36.4 Å². The lowest BCUT2D eigenvalue weighted by atomic mass is 9.77. The zero-order valence-corrected chi connectivity index (χ0v) is 23.7. The summed E-state index contributed by atoms with van der Waals surface area (Å²) < 4.78 is 58.2. The minimum absolute atomic E-state index is 0.0564. The molecular formula is C29H32F4N8O2. The number of hydrogen-bond donors (Lipinski definition) is 4. The largest absolute Gasteiger partial charge is 0.416 e. The number of carbonyl (C=O) groups excluding carboxylic acids is 1. The van der Waals surface area contributed by atoms with Gasteiger partial charge in [-0.2, -0.15) is 23.5 Å². The lowest BCUT2D eigenvalue weighted by Gasteiger charge is -2.41. The molecule has 5 rings (SSSR count). The van der Waals surface area contributed by atoms with E-state index in [1.807, 2.05) is 18.0 Å². The fourth-order valence-electron chi connectivity index (χ4n) is 5.52. The summed E-state index contributed by atoms with van der Waals surface area (Å²) in [4.78, 5) is 16.7. The van der Waals surface area contributed by atoms with Gasteiger partial charge in [-0.25, -0.2) is 13.9 Å². The maximum absolute atomic E-state index is 15.1. The maximum Gasteiger partial charge on any atom is 0.416 e. The summed E-state index contributed by atoms with van der Waals surface area (Å²) in [5.41, 5.74) is 4.64. The van der Waals surface area contributed by atoms with Crippen LogP contribution >= 0.6 is 0 Å². The zero-order chi connectivity index (χ0) is 31.1. The van der Waals surface area contributed by atoms with Crippen LogP contribution in [0.5, 0.6) is 0 Å². The monoisotopic (exact) mass is 600 g/mol. The van der Waals surface area contributed by atoms with Gasteiger partial charge in [0.1, 0.15) is 29.0 Å². The van der Waals surface area contributed by atoms with Crippen LogP contribution in [-0.2, 0) is 12.7 Å². The predicted octanol–water partition coefficient (Wildman–Crippen LogP) is 4.64. The molecule has 0 atom stereocenters. The van der Waals surface area contributed by atoms with Gasteiger partial charge in [0.2, 0.25) is 0 Å². The Labute approximate surface area is 245 Å². The molecule has 0 radical (unpaired) electrons. The highest BCUT2D eigenvalue weighted by atomic mass is 19.4. The third-order valence-electron chi connectivity index (χ3n) is 7.91. The van der Waals surface area contributed by atoms with Crippen LogP contribution < -0.4 is 16.4 Å². The summed E-state index contributed by atoms with van der Waals surface area (Å²) >= 11 is 0. The Morgan fingerprint density at radius 3 is 2.47 bits per heavy atom. The Bertz CT molecular complexity index is 1560. The first-order valence-electron chi connectivity index (χ1n) is 13.7. The highest BCUT2D eigenvalue weighted by Gasteiger charge is 2.41. The van der Waals surface area contributed by atoms with Gasteiger partial charge in [0.05, 0.1) is 22.9 Å². The van der Waals surface area contributed by atoms with Gasteiger partial charge in [0, 0.05) is 44.0 Å². The SMILES string of the molecule is CN1CCN(Cc2ccc(NC(=O)Nc3ccc(-c4nn(C5CC(C)(O)C5)c(N)c4C#N)cc3F)cc2C(F)(F)F)CC1. The minimum atomic E-state index is -4.63. The smallest absolute Gasteiger partial charge is 0.390 e. The molecule has 1 aliphatic carbocycles. The van der Waals surface area contributed by atoms with Crippen LogP contribution in [0.2, 0.25) is 0 Å². The number of hydrogen-bond acceptors (Lipinski definition) is 7. The van der Waals surface area contributed by atoms with Gasteiger partial charge in [0.15, 0.2) is 0 Å². The Hall–Kier alpha value is -4.19. The molecule has 1 aromatic heterocycles. The van der Waals surface area contributed by atoms with E-state index in [9.17, 15) is 28.3 Å². The molecule has 2 amide bonds. The number of nitrogen functional groups attached to an aromatic ring is 1. The number of amides is 2. The number of nitrogens with zero attached hydrogens (tertiary/aromatic N) is 5. The van der Waals surface area contributed by atoms with Crippen LogP contribution in [-0.4, -0.2) is 69.5 Å². The number of anilines is 3. The molecule has 1 saturated heterocycles. The van der Waals surface area contributed by atoms with E-state index in [-0.39, 0.29) is 52.2 Å². The van der Waals surface area contributed by atoms with Gasteiger partial charge in [0.25, 0.3) is 0 Å². The van der Waals surface area contributed by atoms with Crippen molar-refractivity contribution in [2.75, 3.05) is 49.6 Å². The van der Waals surface area contributed by atoms with Gasteiger partial charge >= 0.3 is 12.2 Å². The van der Waals surface area contributed by atoms with Crippen molar-refractivity contribution < 1.29 is 27.5 Å². The third kappa shape index (κ3) is 6.58. The quantitative estimate of drug-likeness (QED) is 0.303. The number of alkyl halides is 3. The van der Waals surface area contributed by atoms with E-state index >= 15 is 4.39 Å². The minimum Gasteiger partial charge on any atom is -0.390 e. The average molecular weight is 601 g/mol. The molecule has 2 fully saturated rings. The Kier molecular flexibility index (Phi) is 8.08. The molecule has 0 bridgehead atoms. The van der Waals surface area contributed by atoms with E-state index < -0.39 is 29.2 Å². The average Bonchev–Trinajstić information content (AvgIpc) is 3.25. The first kappa shape index (κ1) is 30.3. The number of carbonyl (C=O) groups is 1. The van der Waals surface area contributed by atoms with Crippen molar-refractivity contribution in [3.8, 4) is 17.3 Å².